The van der Waals surface area contributed by atoms with Crippen molar-refractivity contribution in [2.24, 2.45) is 4.99 Å². The molecule has 1 saturated heterocycles. The highest BCUT2D eigenvalue weighted by atomic mass is 127. The number of ether oxygens (including phenoxy) is 1. The van der Waals surface area contributed by atoms with Crippen LogP contribution in [0.5, 0.6) is 0 Å². The minimum Gasteiger partial charge on any atom is -0.368 e. The van der Waals surface area contributed by atoms with E-state index in [1.54, 1.807) is 7.05 Å². The zero-order valence-electron chi connectivity index (χ0n) is 13.9. The molecule has 2 aliphatic rings. The van der Waals surface area contributed by atoms with Crippen molar-refractivity contribution in [3.8, 4) is 0 Å². The Morgan fingerprint density at radius 3 is 2.83 bits per heavy atom. The number of hydrogen-bond donors (Lipinski definition) is 3. The highest BCUT2D eigenvalue weighted by Gasteiger charge is 2.23. The quantitative estimate of drug-likeness (QED) is 0.370. The van der Waals surface area contributed by atoms with Gasteiger partial charge in [0.25, 0.3) is 5.91 Å². The largest absolute Gasteiger partial charge is 0.368 e. The van der Waals surface area contributed by atoms with Crippen LogP contribution in [0.4, 0.5) is 5.69 Å². The summed E-state index contributed by atoms with van der Waals surface area (Å²) in [6, 6.07) is 8.41. The average molecular weight is 444 g/mol. The molecule has 1 aliphatic heterocycles. The topological polar surface area (TPSA) is 74.8 Å². The average Bonchev–Trinajstić information content (AvgIpc) is 3.20. The standard InChI is InChI=1S/C17H24N4O2.HI/c1-18-17(21-13-7-8-13)19-11-12-4-2-5-14(10-12)20-16(22)15-6-3-9-23-15;/h2,4-5,10,13,15H,3,6-9,11H2,1H3,(H,20,22)(H2,18,19,21);1H. The number of halogens is 1. The molecule has 0 radical (unpaired) electrons. The summed E-state index contributed by atoms with van der Waals surface area (Å²) in [6.45, 7) is 1.34. The molecule has 0 aromatic heterocycles. The van der Waals surface area contributed by atoms with Gasteiger partial charge in [0.15, 0.2) is 5.96 Å². The summed E-state index contributed by atoms with van der Waals surface area (Å²) in [7, 11) is 1.77. The van der Waals surface area contributed by atoms with Gasteiger partial charge in [-0.3, -0.25) is 9.79 Å². The molecule has 24 heavy (non-hydrogen) atoms. The first-order valence-electron chi connectivity index (χ1n) is 8.23. The first kappa shape index (κ1) is 19.0. The van der Waals surface area contributed by atoms with Crippen LogP contribution in [0.2, 0.25) is 0 Å². The molecule has 1 saturated carbocycles. The molecule has 1 aromatic rings. The second-order valence-electron chi connectivity index (χ2n) is 6.04. The molecule has 1 unspecified atom stereocenters. The van der Waals surface area contributed by atoms with E-state index >= 15 is 0 Å². The number of guanidine groups is 1. The van der Waals surface area contributed by atoms with Gasteiger partial charge in [-0.15, -0.1) is 24.0 Å². The number of hydrogen-bond acceptors (Lipinski definition) is 3. The number of rotatable bonds is 5. The van der Waals surface area contributed by atoms with Crippen molar-refractivity contribution < 1.29 is 9.53 Å². The number of aliphatic imine (C=N–C) groups is 1. The Hall–Kier alpha value is -1.35. The maximum absolute atomic E-state index is 12.1. The maximum Gasteiger partial charge on any atom is 0.253 e. The summed E-state index contributed by atoms with van der Waals surface area (Å²) in [5, 5.41) is 9.57. The van der Waals surface area contributed by atoms with Gasteiger partial charge in [-0.2, -0.15) is 0 Å². The van der Waals surface area contributed by atoms with E-state index in [9.17, 15) is 4.79 Å². The minimum absolute atomic E-state index is 0. The van der Waals surface area contributed by atoms with Gasteiger partial charge in [-0.1, -0.05) is 12.1 Å². The molecular weight excluding hydrogens is 419 g/mol. The Labute approximate surface area is 159 Å². The van der Waals surface area contributed by atoms with Gasteiger partial charge in [-0.25, -0.2) is 0 Å². The van der Waals surface area contributed by atoms with E-state index in [0.717, 1.165) is 30.1 Å². The van der Waals surface area contributed by atoms with E-state index in [1.807, 2.05) is 24.3 Å². The molecule has 132 valence electrons. The van der Waals surface area contributed by atoms with Gasteiger partial charge in [-0.05, 0) is 43.4 Å². The molecule has 7 heteroatoms. The smallest absolute Gasteiger partial charge is 0.253 e. The van der Waals surface area contributed by atoms with Crippen molar-refractivity contribution in [2.45, 2.75) is 44.4 Å². The van der Waals surface area contributed by atoms with Crippen molar-refractivity contribution in [3.05, 3.63) is 29.8 Å². The molecule has 1 amide bonds. The van der Waals surface area contributed by atoms with Gasteiger partial charge >= 0.3 is 0 Å². The lowest BCUT2D eigenvalue weighted by atomic mass is 10.2. The number of nitrogens with zero attached hydrogens (tertiary/aromatic N) is 1. The third-order valence-corrected chi connectivity index (χ3v) is 4.02. The zero-order chi connectivity index (χ0) is 16.1. The van der Waals surface area contributed by atoms with E-state index in [1.165, 1.54) is 12.8 Å². The molecule has 1 aliphatic carbocycles. The van der Waals surface area contributed by atoms with Crippen molar-refractivity contribution in [1.29, 1.82) is 0 Å². The summed E-state index contributed by atoms with van der Waals surface area (Å²) >= 11 is 0. The number of benzene rings is 1. The molecule has 1 atom stereocenters. The van der Waals surface area contributed by atoms with Crippen molar-refractivity contribution in [1.82, 2.24) is 10.6 Å². The number of nitrogens with one attached hydrogen (secondary N) is 3. The lowest BCUT2D eigenvalue weighted by Crippen LogP contribution is -2.38. The molecule has 1 heterocycles. The zero-order valence-corrected chi connectivity index (χ0v) is 16.2. The highest BCUT2D eigenvalue weighted by Crippen LogP contribution is 2.18. The molecule has 2 fully saturated rings. The molecular formula is C17H25IN4O2. The predicted molar refractivity (Wildman–Crippen MR) is 106 cm³/mol. The van der Waals surface area contributed by atoms with Crippen LogP contribution in [0, 0.1) is 0 Å². The van der Waals surface area contributed by atoms with E-state index in [0.29, 0.717) is 19.2 Å². The summed E-state index contributed by atoms with van der Waals surface area (Å²) in [6.07, 6.45) is 3.88. The molecule has 3 rings (SSSR count). The van der Waals surface area contributed by atoms with Gasteiger partial charge in [0.1, 0.15) is 6.10 Å². The van der Waals surface area contributed by atoms with E-state index in [-0.39, 0.29) is 36.0 Å². The second-order valence-corrected chi connectivity index (χ2v) is 6.04. The minimum atomic E-state index is -0.307. The van der Waals surface area contributed by atoms with Crippen molar-refractivity contribution >= 4 is 41.5 Å². The maximum atomic E-state index is 12.1. The molecule has 3 N–H and O–H groups in total. The van der Waals surface area contributed by atoms with E-state index < -0.39 is 0 Å². The fourth-order valence-electron chi connectivity index (χ4n) is 2.57. The highest BCUT2D eigenvalue weighted by molar-refractivity contribution is 14.0. The van der Waals surface area contributed by atoms with Crippen molar-refractivity contribution in [3.63, 3.8) is 0 Å². The lowest BCUT2D eigenvalue weighted by Gasteiger charge is -2.13. The SMILES string of the molecule is CN=C(NCc1cccc(NC(=O)C2CCCO2)c1)NC1CC1.I. The Bertz CT molecular complexity index is 584. The third-order valence-electron chi connectivity index (χ3n) is 4.02. The first-order chi connectivity index (χ1) is 11.2. The summed E-state index contributed by atoms with van der Waals surface area (Å²) in [5.74, 6) is 0.764. The van der Waals surface area contributed by atoms with E-state index in [4.69, 9.17) is 4.74 Å². The first-order valence-corrected chi connectivity index (χ1v) is 8.23. The number of carbonyl (C=O) groups is 1. The molecule has 6 nitrogen and oxygen atoms in total. The van der Waals surface area contributed by atoms with Gasteiger partial charge in [0, 0.05) is 31.9 Å². The van der Waals surface area contributed by atoms with E-state index in [2.05, 4.69) is 20.9 Å². The van der Waals surface area contributed by atoms with Crippen LogP contribution in [0.15, 0.2) is 29.3 Å². The van der Waals surface area contributed by atoms with Crippen LogP contribution in [-0.2, 0) is 16.1 Å². The molecule has 0 bridgehead atoms. The summed E-state index contributed by atoms with van der Waals surface area (Å²) in [5.41, 5.74) is 1.89. The molecule has 1 aromatic carbocycles. The Morgan fingerprint density at radius 1 is 1.33 bits per heavy atom. The van der Waals surface area contributed by atoms with Crippen LogP contribution in [-0.4, -0.2) is 37.7 Å². The van der Waals surface area contributed by atoms with Crippen LogP contribution in [0.25, 0.3) is 0 Å². The van der Waals surface area contributed by atoms with Crippen molar-refractivity contribution in [2.75, 3.05) is 19.0 Å². The lowest BCUT2D eigenvalue weighted by molar-refractivity contribution is -0.124. The fraction of sp³-hybridized carbons (Fsp3) is 0.529. The van der Waals surface area contributed by atoms with Gasteiger partial charge < -0.3 is 20.7 Å². The van der Waals surface area contributed by atoms with Crippen LogP contribution in [0.3, 0.4) is 0 Å². The van der Waals surface area contributed by atoms with Gasteiger partial charge in [0.05, 0.1) is 0 Å². The van der Waals surface area contributed by atoms with Crippen LogP contribution in [0.1, 0.15) is 31.2 Å². The number of anilines is 1. The third kappa shape index (κ3) is 5.62. The number of carbonyl (C=O) groups excluding carboxylic acids is 1. The Morgan fingerprint density at radius 2 is 2.17 bits per heavy atom. The Balaban J connectivity index is 0.00000208. The van der Waals surface area contributed by atoms with Crippen LogP contribution >= 0.6 is 24.0 Å². The molecule has 0 spiro atoms. The summed E-state index contributed by atoms with van der Waals surface area (Å²) < 4.78 is 5.41. The summed E-state index contributed by atoms with van der Waals surface area (Å²) in [4.78, 5) is 16.3. The van der Waals surface area contributed by atoms with Crippen LogP contribution < -0.4 is 16.0 Å². The second kappa shape index (κ2) is 9.22. The fourth-order valence-corrected chi connectivity index (χ4v) is 2.57. The Kier molecular flexibility index (Phi) is 7.29. The monoisotopic (exact) mass is 444 g/mol. The predicted octanol–water partition coefficient (Wildman–Crippen LogP) is 2.25. The number of amides is 1. The normalized spacial score (nSPS) is 20.2. The van der Waals surface area contributed by atoms with Gasteiger partial charge in [0.2, 0.25) is 0 Å².